The summed E-state index contributed by atoms with van der Waals surface area (Å²) in [5, 5.41) is 0. The Bertz CT molecular complexity index is 578. The summed E-state index contributed by atoms with van der Waals surface area (Å²) >= 11 is 0. The number of hydrogen-bond acceptors (Lipinski definition) is 4. The zero-order valence-electron chi connectivity index (χ0n) is 8.83. The lowest BCUT2D eigenvalue weighted by Crippen LogP contribution is -2.20. The molecule has 2 aromatic heterocycles. The van der Waals surface area contributed by atoms with Crippen molar-refractivity contribution in [3.63, 3.8) is 0 Å². The second-order valence-electron chi connectivity index (χ2n) is 4.18. The van der Waals surface area contributed by atoms with Crippen LogP contribution in [0.4, 0.5) is 5.95 Å². The highest BCUT2D eigenvalue weighted by Crippen LogP contribution is 2.30. The number of hydrogen-bond donors (Lipinski definition) is 1. The first-order valence-electron chi connectivity index (χ1n) is 5.48. The Kier molecular flexibility index (Phi) is 1.95. The zero-order valence-corrected chi connectivity index (χ0v) is 8.83. The number of nitrogen functional groups attached to an aromatic ring is 1. The summed E-state index contributed by atoms with van der Waals surface area (Å²) in [6.45, 7) is 0. The van der Waals surface area contributed by atoms with Gasteiger partial charge in [-0.1, -0.05) is 12.8 Å². The van der Waals surface area contributed by atoms with Gasteiger partial charge in [0, 0.05) is 18.4 Å². The van der Waals surface area contributed by atoms with Crippen molar-refractivity contribution in [1.29, 1.82) is 0 Å². The van der Waals surface area contributed by atoms with Gasteiger partial charge in [0.15, 0.2) is 0 Å². The fourth-order valence-electron chi connectivity index (χ4n) is 2.40. The number of fused-ring (bicyclic) bond motifs is 1. The summed E-state index contributed by atoms with van der Waals surface area (Å²) in [7, 11) is 0. The first-order valence-corrected chi connectivity index (χ1v) is 5.48. The van der Waals surface area contributed by atoms with Crippen LogP contribution in [0.1, 0.15) is 31.7 Å². The number of aromatic nitrogens is 4. The van der Waals surface area contributed by atoms with Crippen molar-refractivity contribution < 1.29 is 0 Å². The Morgan fingerprint density at radius 3 is 2.75 bits per heavy atom. The largest absolute Gasteiger partial charge is 0.368 e. The summed E-state index contributed by atoms with van der Waals surface area (Å²) in [6.07, 6.45) is 8.35. The molecule has 2 aromatic rings. The van der Waals surface area contributed by atoms with Crippen LogP contribution in [0.15, 0.2) is 17.2 Å². The first kappa shape index (κ1) is 9.38. The lowest BCUT2D eigenvalue weighted by molar-refractivity contribution is 0.528. The van der Waals surface area contributed by atoms with Gasteiger partial charge in [-0.25, -0.2) is 9.20 Å². The van der Waals surface area contributed by atoms with E-state index in [1.807, 2.05) is 10.8 Å². The minimum Gasteiger partial charge on any atom is -0.368 e. The number of rotatable bonds is 1. The number of nitrogens with zero attached hydrogens (tertiary/aromatic N) is 4. The molecule has 0 aliphatic heterocycles. The van der Waals surface area contributed by atoms with E-state index in [1.54, 1.807) is 6.20 Å². The van der Waals surface area contributed by atoms with E-state index >= 15 is 0 Å². The van der Waals surface area contributed by atoms with E-state index in [0.717, 1.165) is 12.8 Å². The Morgan fingerprint density at radius 2 is 2.00 bits per heavy atom. The van der Waals surface area contributed by atoms with Crippen LogP contribution in [0.25, 0.3) is 5.78 Å². The standard InChI is InChI=1S/C10H13N5O/c11-8-12-9-14(7-3-1-2-4-7)5-6-15(9)10(16)13-8/h5-7H,1-4H2,(H2,11,13,16). The SMILES string of the molecule is Nc1nc(=O)n2ccn(C3CCCC3)c2n1. The number of anilines is 1. The maximum absolute atomic E-state index is 11.5. The number of nitrogens with two attached hydrogens (primary N) is 1. The molecule has 2 N–H and O–H groups in total. The predicted molar refractivity (Wildman–Crippen MR) is 59.2 cm³/mol. The van der Waals surface area contributed by atoms with Crippen LogP contribution in [0, 0.1) is 0 Å². The molecule has 1 aliphatic carbocycles. The molecule has 1 fully saturated rings. The molecule has 2 heterocycles. The lowest BCUT2D eigenvalue weighted by Gasteiger charge is -2.11. The van der Waals surface area contributed by atoms with Gasteiger partial charge in [0.1, 0.15) is 0 Å². The Labute approximate surface area is 91.7 Å². The third-order valence-corrected chi connectivity index (χ3v) is 3.17. The van der Waals surface area contributed by atoms with E-state index in [2.05, 4.69) is 9.97 Å². The van der Waals surface area contributed by atoms with Gasteiger partial charge in [-0.05, 0) is 12.8 Å². The summed E-state index contributed by atoms with van der Waals surface area (Å²) < 4.78 is 3.47. The summed E-state index contributed by atoms with van der Waals surface area (Å²) in [4.78, 5) is 19.3. The molecule has 0 aromatic carbocycles. The Morgan fingerprint density at radius 1 is 1.25 bits per heavy atom. The summed E-state index contributed by atoms with van der Waals surface area (Å²) in [6, 6.07) is 0.443. The minimum atomic E-state index is -0.362. The molecule has 1 aliphatic rings. The molecule has 0 atom stereocenters. The smallest absolute Gasteiger partial charge is 0.357 e. The van der Waals surface area contributed by atoms with Crippen LogP contribution in [0.3, 0.4) is 0 Å². The van der Waals surface area contributed by atoms with E-state index in [9.17, 15) is 4.79 Å². The molecule has 6 nitrogen and oxygen atoms in total. The van der Waals surface area contributed by atoms with Gasteiger partial charge in [-0.3, -0.25) is 0 Å². The van der Waals surface area contributed by atoms with E-state index in [4.69, 9.17) is 5.73 Å². The lowest BCUT2D eigenvalue weighted by atomic mass is 10.2. The van der Waals surface area contributed by atoms with E-state index < -0.39 is 0 Å². The molecule has 6 heteroatoms. The minimum absolute atomic E-state index is 0.0444. The highest BCUT2D eigenvalue weighted by Gasteiger charge is 2.19. The third kappa shape index (κ3) is 1.30. The van der Waals surface area contributed by atoms with Crippen LogP contribution in [0.5, 0.6) is 0 Å². The van der Waals surface area contributed by atoms with Crippen molar-refractivity contribution in [2.45, 2.75) is 31.7 Å². The van der Waals surface area contributed by atoms with Crippen LogP contribution >= 0.6 is 0 Å². The molecule has 3 rings (SSSR count). The van der Waals surface area contributed by atoms with Gasteiger partial charge in [0.2, 0.25) is 11.7 Å². The zero-order chi connectivity index (χ0) is 11.1. The van der Waals surface area contributed by atoms with Crippen LogP contribution in [-0.2, 0) is 0 Å². The van der Waals surface area contributed by atoms with Crippen molar-refractivity contribution >= 4 is 11.7 Å². The van der Waals surface area contributed by atoms with Gasteiger partial charge in [-0.15, -0.1) is 0 Å². The average Bonchev–Trinajstić information content (AvgIpc) is 2.83. The van der Waals surface area contributed by atoms with Crippen LogP contribution in [-0.4, -0.2) is 18.9 Å². The second kappa shape index (κ2) is 3.33. The molecule has 0 unspecified atom stereocenters. The maximum Gasteiger partial charge on any atom is 0.357 e. The molecular formula is C10H13N5O. The Balaban J connectivity index is 2.22. The summed E-state index contributed by atoms with van der Waals surface area (Å²) in [5.41, 5.74) is 5.14. The molecule has 0 bridgehead atoms. The van der Waals surface area contributed by atoms with Crippen molar-refractivity contribution in [2.24, 2.45) is 0 Å². The molecule has 0 radical (unpaired) electrons. The maximum atomic E-state index is 11.5. The molecule has 16 heavy (non-hydrogen) atoms. The van der Waals surface area contributed by atoms with E-state index in [-0.39, 0.29) is 11.6 Å². The molecule has 0 saturated heterocycles. The van der Waals surface area contributed by atoms with Crippen molar-refractivity contribution in [3.05, 3.63) is 22.9 Å². The highest BCUT2D eigenvalue weighted by molar-refractivity contribution is 5.35. The van der Waals surface area contributed by atoms with Gasteiger partial charge >= 0.3 is 5.69 Å². The number of imidazole rings is 1. The fraction of sp³-hybridized carbons (Fsp3) is 0.500. The first-order chi connectivity index (χ1) is 7.75. The van der Waals surface area contributed by atoms with Crippen molar-refractivity contribution in [2.75, 3.05) is 5.73 Å². The van der Waals surface area contributed by atoms with Gasteiger partial charge in [0.25, 0.3) is 0 Å². The predicted octanol–water partition coefficient (Wildman–Crippen LogP) is 0.588. The molecule has 0 amide bonds. The molecule has 84 valence electrons. The molecular weight excluding hydrogens is 206 g/mol. The van der Waals surface area contributed by atoms with Gasteiger partial charge < -0.3 is 10.3 Å². The normalized spacial score (nSPS) is 17.2. The molecule has 0 spiro atoms. The average molecular weight is 219 g/mol. The van der Waals surface area contributed by atoms with Gasteiger partial charge in [-0.2, -0.15) is 9.97 Å². The monoisotopic (exact) mass is 219 g/mol. The van der Waals surface area contributed by atoms with Crippen molar-refractivity contribution in [1.82, 2.24) is 18.9 Å². The summed E-state index contributed by atoms with van der Waals surface area (Å²) in [5.74, 6) is 0.646. The highest BCUT2D eigenvalue weighted by atomic mass is 16.1. The van der Waals surface area contributed by atoms with E-state index in [0.29, 0.717) is 11.8 Å². The van der Waals surface area contributed by atoms with Crippen LogP contribution in [0.2, 0.25) is 0 Å². The quantitative estimate of drug-likeness (QED) is 0.761. The van der Waals surface area contributed by atoms with Crippen molar-refractivity contribution in [3.8, 4) is 0 Å². The molecule has 1 saturated carbocycles. The fourth-order valence-corrected chi connectivity index (χ4v) is 2.40. The second-order valence-corrected chi connectivity index (χ2v) is 4.18. The van der Waals surface area contributed by atoms with Gasteiger partial charge in [0.05, 0.1) is 0 Å². The Hall–Kier alpha value is -1.85. The van der Waals surface area contributed by atoms with E-state index in [1.165, 1.54) is 17.2 Å². The topological polar surface area (TPSA) is 78.2 Å². The third-order valence-electron chi connectivity index (χ3n) is 3.17. The van der Waals surface area contributed by atoms with Crippen LogP contribution < -0.4 is 11.4 Å².